The molecule has 178 valence electrons. The van der Waals surface area contributed by atoms with Crippen LogP contribution in [0.3, 0.4) is 0 Å². The van der Waals surface area contributed by atoms with Crippen LogP contribution in [0, 0.1) is 5.82 Å². The number of benzene rings is 3. The van der Waals surface area contributed by atoms with Gasteiger partial charge >= 0.3 is 6.09 Å². The minimum atomic E-state index is -0.275. The molecule has 36 heavy (non-hydrogen) atoms. The fourth-order valence-electron chi connectivity index (χ4n) is 6.32. The Labute approximate surface area is 209 Å². The van der Waals surface area contributed by atoms with Crippen molar-refractivity contribution in [1.29, 1.82) is 0 Å². The van der Waals surface area contributed by atoms with E-state index in [1.807, 2.05) is 47.4 Å². The summed E-state index contributed by atoms with van der Waals surface area (Å²) in [7, 11) is 0. The molecule has 1 amide bonds. The second-order valence-corrected chi connectivity index (χ2v) is 9.93. The van der Waals surface area contributed by atoms with Crippen LogP contribution >= 0.6 is 0 Å². The number of aromatic nitrogens is 1. The van der Waals surface area contributed by atoms with E-state index in [4.69, 9.17) is 4.74 Å². The molecular weight excluding hydrogens is 451 g/mol. The summed E-state index contributed by atoms with van der Waals surface area (Å²) in [5.41, 5.74) is 7.07. The summed E-state index contributed by atoms with van der Waals surface area (Å²) < 4.78 is 20.9. The third-order valence-corrected chi connectivity index (χ3v) is 7.98. The van der Waals surface area contributed by atoms with Gasteiger partial charge < -0.3 is 4.74 Å². The predicted molar refractivity (Wildman–Crippen MR) is 138 cm³/mol. The zero-order chi connectivity index (χ0) is 24.2. The number of amides is 1. The van der Waals surface area contributed by atoms with E-state index >= 15 is 0 Å². The van der Waals surface area contributed by atoms with E-state index in [0.717, 1.165) is 23.8 Å². The molecule has 0 N–H and O–H groups in total. The molecule has 4 aromatic rings. The molecule has 0 spiro atoms. The van der Waals surface area contributed by atoms with E-state index in [1.54, 1.807) is 6.20 Å². The van der Waals surface area contributed by atoms with E-state index in [-0.39, 0.29) is 29.9 Å². The Kier molecular flexibility index (Phi) is 4.91. The molecule has 3 aromatic carbocycles. The molecule has 1 saturated heterocycles. The van der Waals surface area contributed by atoms with Gasteiger partial charge in [0.2, 0.25) is 0 Å². The summed E-state index contributed by atoms with van der Waals surface area (Å²) in [5, 5.41) is 0.918. The van der Waals surface area contributed by atoms with Crippen molar-refractivity contribution in [2.75, 3.05) is 6.61 Å². The first-order chi connectivity index (χ1) is 17.7. The van der Waals surface area contributed by atoms with Gasteiger partial charge in [0.1, 0.15) is 12.4 Å². The molecule has 0 radical (unpaired) electrons. The van der Waals surface area contributed by atoms with Gasteiger partial charge in [-0.3, -0.25) is 9.88 Å². The molecule has 2 atom stereocenters. The van der Waals surface area contributed by atoms with Gasteiger partial charge in [0, 0.05) is 35.2 Å². The Bertz CT molecular complexity index is 1500. The lowest BCUT2D eigenvalue weighted by Gasteiger charge is -2.33. The molecule has 1 aliphatic carbocycles. The third-order valence-electron chi connectivity index (χ3n) is 7.98. The Hall–Kier alpha value is -3.99. The maximum absolute atomic E-state index is 15.0. The van der Waals surface area contributed by atoms with Crippen LogP contribution in [0.4, 0.5) is 9.18 Å². The van der Waals surface area contributed by atoms with Gasteiger partial charge in [-0.15, -0.1) is 0 Å². The molecule has 1 fully saturated rings. The molecule has 2 bridgehead atoms. The SMILES string of the molecule is O=C(OCC1c2ccccc2-c2ccccc21)N1C2C=C(c3cc4cccnc4cc3F)CC1CC2. The van der Waals surface area contributed by atoms with Gasteiger partial charge in [-0.25, -0.2) is 9.18 Å². The van der Waals surface area contributed by atoms with E-state index in [2.05, 4.69) is 35.3 Å². The van der Waals surface area contributed by atoms with Crippen LogP contribution < -0.4 is 0 Å². The number of halogens is 1. The molecule has 5 heteroatoms. The number of carbonyl (C=O) groups is 1. The fraction of sp³-hybridized carbons (Fsp3) is 0.226. The zero-order valence-corrected chi connectivity index (χ0v) is 19.7. The summed E-state index contributed by atoms with van der Waals surface area (Å²) in [5.74, 6) is -0.225. The van der Waals surface area contributed by atoms with E-state index in [1.165, 1.54) is 28.3 Å². The van der Waals surface area contributed by atoms with Crippen LogP contribution in [0.5, 0.6) is 0 Å². The molecule has 4 nitrogen and oxygen atoms in total. The van der Waals surface area contributed by atoms with Crippen LogP contribution in [-0.2, 0) is 4.74 Å². The van der Waals surface area contributed by atoms with Crippen LogP contribution in [0.1, 0.15) is 41.9 Å². The van der Waals surface area contributed by atoms with Crippen LogP contribution in [-0.4, -0.2) is 34.7 Å². The van der Waals surface area contributed by atoms with E-state index in [0.29, 0.717) is 24.1 Å². The van der Waals surface area contributed by atoms with Crippen molar-refractivity contribution < 1.29 is 13.9 Å². The molecule has 7 rings (SSSR count). The number of rotatable bonds is 3. The lowest BCUT2D eigenvalue weighted by molar-refractivity contribution is 0.0866. The lowest BCUT2D eigenvalue weighted by Crippen LogP contribution is -2.43. The smallest absolute Gasteiger partial charge is 0.410 e. The maximum atomic E-state index is 15.0. The number of carbonyl (C=O) groups excluding carboxylic acids is 1. The Morgan fingerprint density at radius 3 is 2.44 bits per heavy atom. The van der Waals surface area contributed by atoms with Crippen molar-refractivity contribution >= 4 is 22.6 Å². The minimum absolute atomic E-state index is 0.0228. The maximum Gasteiger partial charge on any atom is 0.410 e. The Morgan fingerprint density at radius 2 is 1.69 bits per heavy atom. The molecule has 0 saturated carbocycles. The van der Waals surface area contributed by atoms with Gasteiger partial charge in [0.25, 0.3) is 0 Å². The highest BCUT2D eigenvalue weighted by Gasteiger charge is 2.41. The number of nitrogens with zero attached hydrogens (tertiary/aromatic N) is 2. The monoisotopic (exact) mass is 476 g/mol. The van der Waals surface area contributed by atoms with Gasteiger partial charge in [-0.05, 0) is 59.2 Å². The van der Waals surface area contributed by atoms with Gasteiger partial charge in [-0.1, -0.05) is 60.7 Å². The average molecular weight is 477 g/mol. The first kappa shape index (κ1) is 21.3. The Balaban J connectivity index is 1.12. The Morgan fingerprint density at radius 1 is 0.944 bits per heavy atom. The topological polar surface area (TPSA) is 42.4 Å². The summed E-state index contributed by atoms with van der Waals surface area (Å²) in [6.07, 6.45) is 5.85. The molecule has 3 aliphatic rings. The van der Waals surface area contributed by atoms with Gasteiger partial charge in [-0.2, -0.15) is 0 Å². The normalized spacial score (nSPS) is 20.2. The molecular formula is C31H25FN2O2. The standard InChI is InChI=1S/C31H25FN2O2/c32-29-17-30-19(6-5-13-33-30)16-27(29)20-14-21-11-12-22(15-20)34(21)31(35)36-18-28-25-9-3-1-7-23(25)24-8-2-4-10-26(24)28/h1-10,13-14,16-17,21-22,28H,11-12,15,18H2. The predicted octanol–water partition coefficient (Wildman–Crippen LogP) is 6.94. The molecule has 2 unspecified atom stereocenters. The highest BCUT2D eigenvalue weighted by atomic mass is 19.1. The van der Waals surface area contributed by atoms with E-state index < -0.39 is 0 Å². The second kappa shape index (κ2) is 8.30. The number of pyridine rings is 1. The van der Waals surface area contributed by atoms with Crippen molar-refractivity contribution in [2.45, 2.75) is 37.3 Å². The fourth-order valence-corrected chi connectivity index (χ4v) is 6.32. The average Bonchev–Trinajstić information content (AvgIpc) is 3.37. The first-order valence-electron chi connectivity index (χ1n) is 12.6. The third kappa shape index (κ3) is 3.34. The number of hydrogen-bond donors (Lipinski definition) is 0. The summed E-state index contributed by atoms with van der Waals surface area (Å²) in [6.45, 7) is 0.311. The van der Waals surface area contributed by atoms with Gasteiger partial charge in [0.05, 0.1) is 11.6 Å². The number of ether oxygens (including phenoxy) is 1. The van der Waals surface area contributed by atoms with Crippen LogP contribution in [0.25, 0.3) is 27.6 Å². The molecule has 1 aromatic heterocycles. The van der Waals surface area contributed by atoms with Gasteiger partial charge in [0.15, 0.2) is 0 Å². The van der Waals surface area contributed by atoms with E-state index in [9.17, 15) is 9.18 Å². The van der Waals surface area contributed by atoms with Crippen molar-refractivity contribution in [3.63, 3.8) is 0 Å². The van der Waals surface area contributed by atoms with Crippen LogP contribution in [0.15, 0.2) is 85.1 Å². The summed E-state index contributed by atoms with van der Waals surface area (Å²) >= 11 is 0. The largest absolute Gasteiger partial charge is 0.448 e. The van der Waals surface area contributed by atoms with Crippen molar-refractivity contribution in [2.24, 2.45) is 0 Å². The van der Waals surface area contributed by atoms with Crippen molar-refractivity contribution in [3.05, 3.63) is 108 Å². The van der Waals surface area contributed by atoms with Crippen molar-refractivity contribution in [3.8, 4) is 11.1 Å². The van der Waals surface area contributed by atoms with Crippen molar-refractivity contribution in [1.82, 2.24) is 9.88 Å². The molecule has 3 heterocycles. The first-order valence-corrected chi connectivity index (χ1v) is 12.6. The highest BCUT2D eigenvalue weighted by Crippen LogP contribution is 2.45. The summed E-state index contributed by atoms with van der Waals surface area (Å²) in [6, 6.07) is 23.9. The zero-order valence-electron chi connectivity index (χ0n) is 19.7. The number of fused-ring (bicyclic) bond motifs is 6. The molecule has 2 aliphatic heterocycles. The lowest BCUT2D eigenvalue weighted by atomic mass is 9.93. The number of hydrogen-bond acceptors (Lipinski definition) is 3. The van der Waals surface area contributed by atoms with Crippen LogP contribution in [0.2, 0.25) is 0 Å². The second-order valence-electron chi connectivity index (χ2n) is 9.93. The highest BCUT2D eigenvalue weighted by molar-refractivity contribution is 5.85. The minimum Gasteiger partial charge on any atom is -0.448 e. The quantitative estimate of drug-likeness (QED) is 0.322. The summed E-state index contributed by atoms with van der Waals surface area (Å²) in [4.78, 5) is 19.4.